The number of carbonyl (C=O) groups is 1. The van der Waals surface area contributed by atoms with E-state index >= 15 is 0 Å². The van der Waals surface area contributed by atoms with E-state index in [1.807, 2.05) is 42.5 Å². The highest BCUT2D eigenvalue weighted by Crippen LogP contribution is 2.32. The third-order valence-electron chi connectivity index (χ3n) is 3.46. The number of aromatic nitrogens is 1. The molecule has 0 saturated heterocycles. The van der Waals surface area contributed by atoms with Crippen LogP contribution in [-0.2, 0) is 0 Å². The summed E-state index contributed by atoms with van der Waals surface area (Å²) in [5.41, 5.74) is 3.60. The highest BCUT2D eigenvalue weighted by atomic mass is 32.1. The first kappa shape index (κ1) is 14.9. The number of hydrogen-bond donors (Lipinski definition) is 1. The largest absolute Gasteiger partial charge is 0.477 e. The Morgan fingerprint density at radius 3 is 2.52 bits per heavy atom. The normalized spacial score (nSPS) is 10.3. The molecule has 3 rings (SSSR count). The number of carboxylic acid groups (broad SMARTS) is 1. The molecule has 0 unspecified atom stereocenters. The molecule has 0 atom stereocenters. The van der Waals surface area contributed by atoms with E-state index in [0.717, 1.165) is 28.0 Å². The summed E-state index contributed by atoms with van der Waals surface area (Å²) in [6.07, 6.45) is 0. The maximum absolute atomic E-state index is 11.1. The van der Waals surface area contributed by atoms with Gasteiger partial charge in [0.2, 0.25) is 0 Å². The molecule has 0 aliphatic heterocycles. The first-order chi connectivity index (χ1) is 11.1. The van der Waals surface area contributed by atoms with E-state index in [2.05, 4.69) is 11.1 Å². The molecule has 0 spiro atoms. The Kier molecular flexibility index (Phi) is 3.92. The fourth-order valence-electron chi connectivity index (χ4n) is 2.36. The topological polar surface area (TPSA) is 74.0 Å². The van der Waals surface area contributed by atoms with Crippen molar-refractivity contribution in [3.05, 3.63) is 64.7 Å². The van der Waals surface area contributed by atoms with Crippen molar-refractivity contribution in [2.24, 2.45) is 0 Å². The van der Waals surface area contributed by atoms with Crippen LogP contribution in [0.1, 0.15) is 20.9 Å². The van der Waals surface area contributed by atoms with Crippen LogP contribution in [0.25, 0.3) is 21.7 Å². The number of aryl methyl sites for hydroxylation is 1. The molecule has 1 heterocycles. The lowest BCUT2D eigenvalue weighted by atomic mass is 9.98. The Labute approximate surface area is 137 Å². The zero-order valence-electron chi connectivity index (χ0n) is 12.3. The van der Waals surface area contributed by atoms with Gasteiger partial charge in [-0.25, -0.2) is 9.78 Å². The summed E-state index contributed by atoms with van der Waals surface area (Å²) < 4.78 is 0. The van der Waals surface area contributed by atoms with E-state index in [0.29, 0.717) is 16.3 Å². The Morgan fingerprint density at radius 2 is 1.91 bits per heavy atom. The summed E-state index contributed by atoms with van der Waals surface area (Å²) >= 11 is 1.12. The summed E-state index contributed by atoms with van der Waals surface area (Å²) in [4.78, 5) is 15.7. The first-order valence-electron chi connectivity index (χ1n) is 6.91. The minimum atomic E-state index is -0.979. The van der Waals surface area contributed by atoms with Crippen molar-refractivity contribution in [3.8, 4) is 27.8 Å². The summed E-state index contributed by atoms with van der Waals surface area (Å²) in [5.74, 6) is -0.979. The number of hydrogen-bond acceptors (Lipinski definition) is 4. The van der Waals surface area contributed by atoms with Gasteiger partial charge in [-0.3, -0.25) is 0 Å². The highest BCUT2D eigenvalue weighted by Gasteiger charge is 2.16. The molecular weight excluding hydrogens is 308 g/mol. The van der Waals surface area contributed by atoms with E-state index in [1.165, 1.54) is 0 Å². The zero-order valence-corrected chi connectivity index (χ0v) is 13.1. The van der Waals surface area contributed by atoms with E-state index in [9.17, 15) is 10.1 Å². The van der Waals surface area contributed by atoms with Crippen LogP contribution in [0.2, 0.25) is 0 Å². The number of thiazole rings is 1. The van der Waals surface area contributed by atoms with Gasteiger partial charge < -0.3 is 5.11 Å². The SMILES string of the molecule is Cc1nc(-c2ccc(-c3ccccc3)c(C#N)c2)sc1C(=O)O. The molecule has 112 valence electrons. The number of benzene rings is 2. The standard InChI is InChI=1S/C18H12N2O2S/c1-11-16(18(21)22)23-17(20-11)13-7-8-15(14(9-13)10-19)12-5-3-2-4-6-12/h2-9H,1H3,(H,21,22). The number of carboxylic acids is 1. The van der Waals surface area contributed by atoms with Crippen LogP contribution < -0.4 is 0 Å². The van der Waals surface area contributed by atoms with Crippen molar-refractivity contribution in [2.45, 2.75) is 6.92 Å². The average molecular weight is 320 g/mol. The quantitative estimate of drug-likeness (QED) is 0.778. The van der Waals surface area contributed by atoms with Gasteiger partial charge in [0, 0.05) is 5.56 Å². The Morgan fingerprint density at radius 1 is 1.17 bits per heavy atom. The number of nitrogens with zero attached hydrogens (tertiary/aromatic N) is 2. The van der Waals surface area contributed by atoms with Crippen molar-refractivity contribution in [2.75, 3.05) is 0 Å². The molecule has 0 radical (unpaired) electrons. The summed E-state index contributed by atoms with van der Waals surface area (Å²) in [6, 6.07) is 17.4. The second-order valence-electron chi connectivity index (χ2n) is 4.98. The van der Waals surface area contributed by atoms with Crippen molar-refractivity contribution < 1.29 is 9.90 Å². The smallest absolute Gasteiger partial charge is 0.347 e. The molecule has 1 aromatic heterocycles. The molecule has 3 aromatic rings. The van der Waals surface area contributed by atoms with Crippen LogP contribution >= 0.6 is 11.3 Å². The van der Waals surface area contributed by atoms with Crippen LogP contribution in [0.4, 0.5) is 0 Å². The first-order valence-corrected chi connectivity index (χ1v) is 7.72. The van der Waals surface area contributed by atoms with Crippen molar-refractivity contribution >= 4 is 17.3 Å². The monoisotopic (exact) mass is 320 g/mol. The van der Waals surface area contributed by atoms with Gasteiger partial charge in [0.05, 0.1) is 17.3 Å². The van der Waals surface area contributed by atoms with Gasteiger partial charge in [-0.2, -0.15) is 5.26 Å². The van der Waals surface area contributed by atoms with E-state index in [1.54, 1.807) is 13.0 Å². The second kappa shape index (κ2) is 6.03. The highest BCUT2D eigenvalue weighted by molar-refractivity contribution is 7.17. The molecule has 23 heavy (non-hydrogen) atoms. The third kappa shape index (κ3) is 2.85. The fraction of sp³-hybridized carbons (Fsp3) is 0.0556. The predicted molar refractivity (Wildman–Crippen MR) is 89.4 cm³/mol. The van der Waals surface area contributed by atoms with Crippen LogP contribution in [0.3, 0.4) is 0 Å². The lowest BCUT2D eigenvalue weighted by molar-refractivity contribution is 0.0701. The van der Waals surface area contributed by atoms with Gasteiger partial charge in [-0.1, -0.05) is 42.5 Å². The number of nitriles is 1. The van der Waals surface area contributed by atoms with Crippen LogP contribution in [0.5, 0.6) is 0 Å². The van der Waals surface area contributed by atoms with Crippen molar-refractivity contribution in [1.82, 2.24) is 4.98 Å². The Hall–Kier alpha value is -2.97. The minimum absolute atomic E-state index is 0.227. The van der Waals surface area contributed by atoms with Crippen LogP contribution in [-0.4, -0.2) is 16.1 Å². The van der Waals surface area contributed by atoms with Crippen molar-refractivity contribution in [3.63, 3.8) is 0 Å². The maximum atomic E-state index is 11.1. The van der Waals surface area contributed by atoms with Crippen LogP contribution in [0, 0.1) is 18.3 Å². The lowest BCUT2D eigenvalue weighted by Crippen LogP contribution is -1.94. The average Bonchev–Trinajstić information content (AvgIpc) is 2.97. The summed E-state index contributed by atoms with van der Waals surface area (Å²) in [6.45, 7) is 1.67. The van der Waals surface area contributed by atoms with Gasteiger partial charge in [0.25, 0.3) is 0 Å². The van der Waals surface area contributed by atoms with Gasteiger partial charge in [-0.15, -0.1) is 11.3 Å². The Bertz CT molecular complexity index is 924. The molecule has 5 heteroatoms. The lowest BCUT2D eigenvalue weighted by Gasteiger charge is -2.06. The van der Waals surface area contributed by atoms with E-state index in [4.69, 9.17) is 5.11 Å². The maximum Gasteiger partial charge on any atom is 0.347 e. The van der Waals surface area contributed by atoms with E-state index in [-0.39, 0.29) is 4.88 Å². The van der Waals surface area contributed by atoms with Gasteiger partial charge in [0.15, 0.2) is 0 Å². The molecule has 0 fully saturated rings. The van der Waals surface area contributed by atoms with Gasteiger partial charge >= 0.3 is 5.97 Å². The molecular formula is C18H12N2O2S. The summed E-state index contributed by atoms with van der Waals surface area (Å²) in [7, 11) is 0. The minimum Gasteiger partial charge on any atom is -0.477 e. The fourth-order valence-corrected chi connectivity index (χ4v) is 3.26. The van der Waals surface area contributed by atoms with Crippen LogP contribution in [0.15, 0.2) is 48.5 Å². The molecule has 2 aromatic carbocycles. The zero-order chi connectivity index (χ0) is 16.4. The molecule has 0 bridgehead atoms. The molecule has 1 N–H and O–H groups in total. The number of rotatable bonds is 3. The van der Waals surface area contributed by atoms with E-state index < -0.39 is 5.97 Å². The van der Waals surface area contributed by atoms with Crippen molar-refractivity contribution in [1.29, 1.82) is 5.26 Å². The molecule has 0 saturated carbocycles. The van der Waals surface area contributed by atoms with Gasteiger partial charge in [-0.05, 0) is 24.1 Å². The van der Waals surface area contributed by atoms with Gasteiger partial charge in [0.1, 0.15) is 9.88 Å². The third-order valence-corrected chi connectivity index (χ3v) is 4.66. The molecule has 4 nitrogen and oxygen atoms in total. The number of aromatic carboxylic acids is 1. The summed E-state index contributed by atoms with van der Waals surface area (Å²) in [5, 5.41) is 19.2. The Balaban J connectivity index is 2.08. The second-order valence-corrected chi connectivity index (χ2v) is 5.98. The molecule has 0 aliphatic carbocycles. The molecule has 0 aliphatic rings. The predicted octanol–water partition coefficient (Wildman–Crippen LogP) is 4.36. The molecule has 0 amide bonds.